The average Bonchev–Trinajstić information content (AvgIpc) is 3.22. The third-order valence-corrected chi connectivity index (χ3v) is 5.85. The molecule has 142 valence electrons. The van der Waals surface area contributed by atoms with Gasteiger partial charge in [-0.05, 0) is 44.4 Å². The molecule has 4 rings (SSSR count). The molecule has 0 saturated carbocycles. The van der Waals surface area contributed by atoms with Crippen molar-refractivity contribution in [1.82, 2.24) is 4.98 Å². The van der Waals surface area contributed by atoms with Gasteiger partial charge in [0.2, 0.25) is 5.90 Å². The van der Waals surface area contributed by atoms with E-state index in [0.29, 0.717) is 11.6 Å². The van der Waals surface area contributed by atoms with E-state index in [9.17, 15) is 4.79 Å². The van der Waals surface area contributed by atoms with Crippen LogP contribution in [0.4, 0.5) is 5.82 Å². The van der Waals surface area contributed by atoms with Crippen molar-refractivity contribution < 1.29 is 14.3 Å². The number of allylic oxidation sites excluding steroid dienone is 2. The molecule has 0 spiro atoms. The van der Waals surface area contributed by atoms with E-state index in [1.54, 1.807) is 13.3 Å². The van der Waals surface area contributed by atoms with Crippen molar-refractivity contribution in [2.45, 2.75) is 33.1 Å². The van der Waals surface area contributed by atoms with Gasteiger partial charge in [0, 0.05) is 31.3 Å². The van der Waals surface area contributed by atoms with Crippen LogP contribution < -0.4 is 4.90 Å². The van der Waals surface area contributed by atoms with Crippen LogP contribution in [-0.2, 0) is 14.3 Å². The van der Waals surface area contributed by atoms with Gasteiger partial charge in [-0.1, -0.05) is 6.92 Å². The van der Waals surface area contributed by atoms with Crippen molar-refractivity contribution in [3.05, 3.63) is 47.5 Å². The Morgan fingerprint density at radius 1 is 1.37 bits per heavy atom. The number of aromatic nitrogens is 1. The monoisotopic (exact) mass is 367 g/mol. The lowest BCUT2D eigenvalue weighted by molar-refractivity contribution is -0.147. The number of aliphatic imine (C=N–C) groups is 1. The van der Waals surface area contributed by atoms with E-state index < -0.39 is 5.41 Å². The molecule has 1 saturated heterocycles. The average molecular weight is 367 g/mol. The minimum Gasteiger partial charge on any atom is -0.497 e. The molecule has 1 fully saturated rings. The minimum atomic E-state index is -0.795. The standard InChI is InChI=1S/C21H25N3O3/c1-4-14-12-15(26-3)13-17-21(14,2)20(25)27-19(23-17)16-8-7-9-22-18(16)24-10-5-6-11-24/h7-9,12-14H,4-6,10-11H2,1-3H3. The largest absolute Gasteiger partial charge is 0.497 e. The lowest BCUT2D eigenvalue weighted by Crippen LogP contribution is -2.44. The Kier molecular flexibility index (Phi) is 4.50. The first-order valence-electron chi connectivity index (χ1n) is 9.57. The van der Waals surface area contributed by atoms with Gasteiger partial charge in [-0.25, -0.2) is 9.98 Å². The van der Waals surface area contributed by atoms with Gasteiger partial charge in [-0.3, -0.25) is 4.79 Å². The maximum absolute atomic E-state index is 13.1. The van der Waals surface area contributed by atoms with Crippen molar-refractivity contribution in [3.63, 3.8) is 0 Å². The summed E-state index contributed by atoms with van der Waals surface area (Å²) in [5, 5.41) is 0. The van der Waals surface area contributed by atoms with E-state index in [4.69, 9.17) is 14.5 Å². The number of methoxy groups -OCH3 is 1. The SMILES string of the molecule is CCC1C=C(OC)C=C2N=C(c3cccnc3N3CCCC3)OC(=O)C21C. The molecule has 0 radical (unpaired) electrons. The van der Waals surface area contributed by atoms with Crippen LogP contribution in [0.25, 0.3) is 0 Å². The third-order valence-electron chi connectivity index (χ3n) is 5.85. The van der Waals surface area contributed by atoms with Crippen LogP contribution in [0.2, 0.25) is 0 Å². The van der Waals surface area contributed by atoms with Crippen LogP contribution in [0.5, 0.6) is 0 Å². The van der Waals surface area contributed by atoms with Gasteiger partial charge >= 0.3 is 5.97 Å². The van der Waals surface area contributed by atoms with Gasteiger partial charge in [-0.2, -0.15) is 0 Å². The number of hydrogen-bond acceptors (Lipinski definition) is 6. The molecule has 2 atom stereocenters. The summed E-state index contributed by atoms with van der Waals surface area (Å²) in [6.45, 7) is 5.88. The number of fused-ring (bicyclic) bond motifs is 1. The number of hydrogen-bond donors (Lipinski definition) is 0. The van der Waals surface area contributed by atoms with Crippen LogP contribution in [0.1, 0.15) is 38.7 Å². The van der Waals surface area contributed by atoms with Gasteiger partial charge in [0.15, 0.2) is 0 Å². The second-order valence-electron chi connectivity index (χ2n) is 7.40. The van der Waals surface area contributed by atoms with Crippen LogP contribution in [0.15, 0.2) is 46.9 Å². The fourth-order valence-electron chi connectivity index (χ4n) is 4.13. The molecule has 1 aromatic rings. The van der Waals surface area contributed by atoms with Gasteiger partial charge in [0.25, 0.3) is 0 Å². The van der Waals surface area contributed by atoms with E-state index in [1.165, 1.54) is 0 Å². The molecule has 1 aromatic heterocycles. The van der Waals surface area contributed by atoms with Crippen LogP contribution in [-0.4, -0.2) is 37.1 Å². The molecule has 0 aromatic carbocycles. The summed E-state index contributed by atoms with van der Waals surface area (Å²) in [5.41, 5.74) is 0.657. The number of pyridine rings is 1. The second-order valence-corrected chi connectivity index (χ2v) is 7.40. The fraction of sp³-hybridized carbons (Fsp3) is 0.476. The molecule has 27 heavy (non-hydrogen) atoms. The molecule has 3 aliphatic rings. The molecule has 3 heterocycles. The number of ether oxygens (including phenoxy) is 2. The highest BCUT2D eigenvalue weighted by Crippen LogP contribution is 2.47. The Morgan fingerprint density at radius 2 is 2.15 bits per heavy atom. The molecular formula is C21H25N3O3. The van der Waals surface area contributed by atoms with E-state index in [-0.39, 0.29) is 11.9 Å². The third kappa shape index (κ3) is 2.83. The highest BCUT2D eigenvalue weighted by Gasteiger charge is 2.50. The second kappa shape index (κ2) is 6.83. The molecule has 6 nitrogen and oxygen atoms in total. The van der Waals surface area contributed by atoms with Gasteiger partial charge in [-0.15, -0.1) is 0 Å². The van der Waals surface area contributed by atoms with Crippen molar-refractivity contribution in [3.8, 4) is 0 Å². The number of esters is 1. The summed E-state index contributed by atoms with van der Waals surface area (Å²) in [7, 11) is 1.64. The molecule has 0 N–H and O–H groups in total. The van der Waals surface area contributed by atoms with E-state index >= 15 is 0 Å². The van der Waals surface area contributed by atoms with Crippen molar-refractivity contribution in [1.29, 1.82) is 0 Å². The normalized spacial score (nSPS) is 27.4. The van der Waals surface area contributed by atoms with E-state index in [0.717, 1.165) is 49.5 Å². The molecule has 0 amide bonds. The highest BCUT2D eigenvalue weighted by molar-refractivity contribution is 6.08. The fourth-order valence-corrected chi connectivity index (χ4v) is 4.13. The Morgan fingerprint density at radius 3 is 2.85 bits per heavy atom. The zero-order chi connectivity index (χ0) is 19.0. The molecule has 0 bridgehead atoms. The summed E-state index contributed by atoms with van der Waals surface area (Å²) in [6, 6.07) is 3.77. The van der Waals surface area contributed by atoms with E-state index in [1.807, 2.05) is 31.2 Å². The highest BCUT2D eigenvalue weighted by atomic mass is 16.5. The number of nitrogens with zero attached hydrogens (tertiary/aromatic N) is 3. The lowest BCUT2D eigenvalue weighted by atomic mass is 9.70. The van der Waals surface area contributed by atoms with Gasteiger partial charge < -0.3 is 14.4 Å². The Bertz CT molecular complexity index is 852. The molecule has 2 unspecified atom stereocenters. The summed E-state index contributed by atoms with van der Waals surface area (Å²) in [5.74, 6) is 1.60. The summed E-state index contributed by atoms with van der Waals surface area (Å²) in [4.78, 5) is 24.6. The number of anilines is 1. The smallest absolute Gasteiger partial charge is 0.325 e. The van der Waals surface area contributed by atoms with Gasteiger partial charge in [0.05, 0.1) is 18.4 Å². The predicted molar refractivity (Wildman–Crippen MR) is 103 cm³/mol. The number of carbonyl (C=O) groups is 1. The Labute approximate surface area is 159 Å². The molecular weight excluding hydrogens is 342 g/mol. The van der Waals surface area contributed by atoms with Crippen molar-refractivity contribution in [2.75, 3.05) is 25.1 Å². The summed E-state index contributed by atoms with van der Waals surface area (Å²) < 4.78 is 11.2. The molecule has 1 aliphatic carbocycles. The van der Waals surface area contributed by atoms with E-state index in [2.05, 4.69) is 16.8 Å². The van der Waals surface area contributed by atoms with Crippen molar-refractivity contribution >= 4 is 17.7 Å². The lowest BCUT2D eigenvalue weighted by Gasteiger charge is -2.39. The quantitative estimate of drug-likeness (QED) is 0.763. The Balaban J connectivity index is 1.80. The zero-order valence-corrected chi connectivity index (χ0v) is 16.1. The van der Waals surface area contributed by atoms with Crippen LogP contribution >= 0.6 is 0 Å². The van der Waals surface area contributed by atoms with Crippen molar-refractivity contribution in [2.24, 2.45) is 16.3 Å². The topological polar surface area (TPSA) is 64.0 Å². The maximum Gasteiger partial charge on any atom is 0.325 e. The first-order chi connectivity index (χ1) is 13.1. The summed E-state index contributed by atoms with van der Waals surface area (Å²) in [6.07, 6.45) is 8.69. The molecule has 6 heteroatoms. The molecule has 2 aliphatic heterocycles. The Hall–Kier alpha value is -2.63. The number of rotatable bonds is 4. The van der Waals surface area contributed by atoms with Crippen LogP contribution in [0.3, 0.4) is 0 Å². The number of carbonyl (C=O) groups excluding carboxylic acids is 1. The maximum atomic E-state index is 13.1. The first-order valence-corrected chi connectivity index (χ1v) is 9.57. The predicted octanol–water partition coefficient (Wildman–Crippen LogP) is 3.45. The van der Waals surface area contributed by atoms with Gasteiger partial charge in [0.1, 0.15) is 17.0 Å². The number of cyclic esters (lactones) is 1. The van der Waals surface area contributed by atoms with Crippen LogP contribution in [0, 0.1) is 11.3 Å². The zero-order valence-electron chi connectivity index (χ0n) is 16.1. The minimum absolute atomic E-state index is 0.0165. The first kappa shape index (κ1) is 17.8. The summed E-state index contributed by atoms with van der Waals surface area (Å²) >= 11 is 0.